The number of rotatable bonds is 7. The Morgan fingerprint density at radius 3 is 1.92 bits per heavy atom. The molecule has 0 saturated carbocycles. The second-order valence-corrected chi connectivity index (χ2v) is 25.6. The van der Waals surface area contributed by atoms with E-state index >= 15 is 0 Å². The van der Waals surface area contributed by atoms with Crippen LogP contribution in [0.15, 0.2) is 12.7 Å². The van der Waals surface area contributed by atoms with Crippen LogP contribution in [0.25, 0.3) is 0 Å². The van der Waals surface area contributed by atoms with E-state index in [1.165, 1.54) is 12.8 Å². The molecule has 0 bridgehead atoms. The average molecular weight is 364 g/mol. The van der Waals surface area contributed by atoms with Crippen molar-refractivity contribution >= 4 is 21.2 Å². The van der Waals surface area contributed by atoms with Crippen LogP contribution in [0.5, 0.6) is 0 Å². The summed E-state index contributed by atoms with van der Waals surface area (Å²) < 4.78 is 6.26. The monoisotopic (exact) mass is 364 g/mol. The molecule has 0 unspecified atom stereocenters. The van der Waals surface area contributed by atoms with Gasteiger partial charge in [-0.05, 0) is 0 Å². The second-order valence-electron chi connectivity index (χ2n) is 3.74. The third-order valence-corrected chi connectivity index (χ3v) is 26.4. The van der Waals surface area contributed by atoms with E-state index in [1.54, 1.807) is 15.9 Å². The SMILES string of the molecule is C=CCC[CH2][Pb]([CH2]C)([CH2]C)[CH2]C. The summed E-state index contributed by atoms with van der Waals surface area (Å²) in [4.78, 5) is 0. The van der Waals surface area contributed by atoms with E-state index in [2.05, 4.69) is 33.4 Å². The van der Waals surface area contributed by atoms with Gasteiger partial charge < -0.3 is 0 Å². The molecule has 0 fully saturated rings. The fourth-order valence-electron chi connectivity index (χ4n) is 1.90. The van der Waals surface area contributed by atoms with Crippen LogP contribution in [0, 0.1) is 0 Å². The molecule has 0 spiro atoms. The van der Waals surface area contributed by atoms with E-state index in [0.717, 1.165) is 0 Å². The summed E-state index contributed by atoms with van der Waals surface area (Å²) in [5.74, 6) is 0. The fraction of sp³-hybridized carbons (Fsp3) is 0.818. The zero-order valence-electron chi connectivity index (χ0n) is 9.03. The van der Waals surface area contributed by atoms with Crippen molar-refractivity contribution in [2.45, 2.75) is 49.5 Å². The van der Waals surface area contributed by atoms with Crippen LogP contribution in [0.3, 0.4) is 0 Å². The summed E-state index contributed by atoms with van der Waals surface area (Å²) in [6.45, 7) is 11.0. The molecule has 0 aromatic carbocycles. The first-order chi connectivity index (χ1) is 5.74. The van der Waals surface area contributed by atoms with Crippen LogP contribution in [-0.4, -0.2) is 21.2 Å². The molecule has 1 heteroatoms. The van der Waals surface area contributed by atoms with Gasteiger partial charge in [0.05, 0.1) is 0 Å². The van der Waals surface area contributed by atoms with Gasteiger partial charge in [-0.15, -0.1) is 0 Å². The van der Waals surface area contributed by atoms with E-state index in [-0.39, 0.29) is 0 Å². The fourth-order valence-corrected chi connectivity index (χ4v) is 15.6. The maximum absolute atomic E-state index is 3.78. The summed E-state index contributed by atoms with van der Waals surface area (Å²) in [6, 6.07) is 0. The van der Waals surface area contributed by atoms with Gasteiger partial charge in [-0.25, -0.2) is 0 Å². The number of allylic oxidation sites excluding steroid dienone is 1. The summed E-state index contributed by atoms with van der Waals surface area (Å²) in [7, 11) is 0. The Labute approximate surface area is 83.1 Å². The molecule has 12 heavy (non-hydrogen) atoms. The molecule has 0 aliphatic rings. The van der Waals surface area contributed by atoms with Crippen molar-refractivity contribution < 1.29 is 0 Å². The molecule has 0 rings (SSSR count). The van der Waals surface area contributed by atoms with E-state index in [0.29, 0.717) is 0 Å². The molecule has 0 saturated heterocycles. The van der Waals surface area contributed by atoms with Crippen molar-refractivity contribution in [1.29, 1.82) is 0 Å². The van der Waals surface area contributed by atoms with Gasteiger partial charge in [-0.2, -0.15) is 0 Å². The van der Waals surface area contributed by atoms with Crippen molar-refractivity contribution in [3.63, 3.8) is 0 Å². The van der Waals surface area contributed by atoms with Gasteiger partial charge in [0, 0.05) is 0 Å². The van der Waals surface area contributed by atoms with Crippen molar-refractivity contribution in [3.8, 4) is 0 Å². The minimum absolute atomic E-state index is 1.24. The molecular formula is C11H24Pb. The van der Waals surface area contributed by atoms with Gasteiger partial charge in [0.15, 0.2) is 0 Å². The Balaban J connectivity index is 3.84. The van der Waals surface area contributed by atoms with Crippen molar-refractivity contribution in [2.24, 2.45) is 0 Å². The summed E-state index contributed by atoms with van der Waals surface area (Å²) in [5, 5.41) is 0. The first-order valence-electron chi connectivity index (χ1n) is 5.35. The first-order valence-corrected chi connectivity index (χ1v) is 16.3. The van der Waals surface area contributed by atoms with Crippen LogP contribution in [0.1, 0.15) is 33.6 Å². The van der Waals surface area contributed by atoms with E-state index in [9.17, 15) is 0 Å². The third kappa shape index (κ3) is 4.06. The standard InChI is InChI=1S/C5H9.3C2H5.Pb/c1-3-5-4-2;3*1-2;/h3H,1-2,4-5H2;3*1H2,2H3;. The van der Waals surface area contributed by atoms with Gasteiger partial charge in [0.2, 0.25) is 0 Å². The molecule has 0 aromatic rings. The van der Waals surface area contributed by atoms with Crippen LogP contribution in [0.4, 0.5) is 0 Å². The van der Waals surface area contributed by atoms with Crippen LogP contribution >= 0.6 is 0 Å². The molecule has 0 heterocycles. The summed E-state index contributed by atoms with van der Waals surface area (Å²) in [5.41, 5.74) is 0. The van der Waals surface area contributed by atoms with E-state index < -0.39 is 21.2 Å². The van der Waals surface area contributed by atoms with Crippen molar-refractivity contribution in [2.75, 3.05) is 0 Å². The normalized spacial score (nSPS) is 11.6. The molecular weight excluding hydrogens is 339 g/mol. The number of unbranched alkanes of at least 4 members (excludes halogenated alkanes) is 1. The van der Waals surface area contributed by atoms with Crippen LogP contribution < -0.4 is 0 Å². The zero-order chi connectivity index (χ0) is 9.45. The van der Waals surface area contributed by atoms with Gasteiger partial charge in [-0.3, -0.25) is 0 Å². The Bertz CT molecular complexity index is 106. The molecule has 0 N–H and O–H groups in total. The molecule has 0 atom stereocenters. The number of hydrogen-bond donors (Lipinski definition) is 0. The van der Waals surface area contributed by atoms with Gasteiger partial charge in [-0.1, -0.05) is 0 Å². The van der Waals surface area contributed by atoms with Gasteiger partial charge in [0.1, 0.15) is 0 Å². The summed E-state index contributed by atoms with van der Waals surface area (Å²) in [6.07, 6.45) is 4.72. The topological polar surface area (TPSA) is 0 Å². The Kier molecular flexibility index (Phi) is 7.49. The zero-order valence-corrected chi connectivity index (χ0v) is 12.9. The van der Waals surface area contributed by atoms with Crippen LogP contribution in [-0.2, 0) is 0 Å². The predicted octanol–water partition coefficient (Wildman–Crippen LogP) is 4.46. The van der Waals surface area contributed by atoms with Crippen molar-refractivity contribution in [3.05, 3.63) is 12.7 Å². The van der Waals surface area contributed by atoms with Gasteiger partial charge in [0.25, 0.3) is 0 Å². The second kappa shape index (κ2) is 7.10. The maximum atomic E-state index is 3.78. The quantitative estimate of drug-likeness (QED) is 0.356. The molecule has 0 amide bonds. The molecule has 0 aliphatic carbocycles. The predicted molar refractivity (Wildman–Crippen MR) is 61.4 cm³/mol. The molecule has 0 aliphatic heterocycles. The minimum atomic E-state index is -1.66. The molecule has 72 valence electrons. The molecule has 0 aromatic heterocycles. The average Bonchev–Trinajstić information content (AvgIpc) is 2.14. The van der Waals surface area contributed by atoms with Crippen molar-refractivity contribution in [1.82, 2.24) is 0 Å². The van der Waals surface area contributed by atoms with E-state index in [1.807, 2.05) is 0 Å². The van der Waals surface area contributed by atoms with Crippen LogP contribution in [0.2, 0.25) is 15.9 Å². The van der Waals surface area contributed by atoms with Gasteiger partial charge >= 0.3 is 83.4 Å². The Morgan fingerprint density at radius 2 is 1.58 bits per heavy atom. The first kappa shape index (κ1) is 12.7. The Morgan fingerprint density at radius 1 is 1.08 bits per heavy atom. The number of hydrogen-bond acceptors (Lipinski definition) is 0. The third-order valence-electron chi connectivity index (χ3n) is 3.37. The molecule has 0 nitrogen and oxygen atoms in total. The van der Waals surface area contributed by atoms with E-state index in [4.69, 9.17) is 0 Å². The summed E-state index contributed by atoms with van der Waals surface area (Å²) >= 11 is -1.66. The Hall–Kier alpha value is 0.662. The molecule has 0 radical (unpaired) electrons.